The number of hydrogen-bond acceptors (Lipinski definition) is 3. The quantitative estimate of drug-likeness (QED) is 0.906. The van der Waals surface area contributed by atoms with Crippen molar-refractivity contribution in [3.63, 3.8) is 0 Å². The van der Waals surface area contributed by atoms with E-state index < -0.39 is 0 Å². The predicted molar refractivity (Wildman–Crippen MR) is 96.8 cm³/mol. The van der Waals surface area contributed by atoms with Crippen LogP contribution in [0.15, 0.2) is 24.3 Å². The molecule has 2 rings (SSSR count). The normalized spacial score (nSPS) is 17.1. The molecule has 23 heavy (non-hydrogen) atoms. The van der Waals surface area contributed by atoms with E-state index in [1.807, 2.05) is 20.8 Å². The van der Waals surface area contributed by atoms with Crippen LogP contribution in [0.2, 0.25) is 0 Å². The molecule has 4 heteroatoms. The molecule has 1 heterocycles. The number of hydrogen-bond donors (Lipinski definition) is 1. The molecule has 0 bridgehead atoms. The summed E-state index contributed by atoms with van der Waals surface area (Å²) in [7, 11) is 4.10. The summed E-state index contributed by atoms with van der Waals surface area (Å²) in [6.07, 6.45) is 2.50. The van der Waals surface area contributed by atoms with Gasteiger partial charge in [0.2, 0.25) is 5.91 Å². The van der Waals surface area contributed by atoms with Crippen molar-refractivity contribution < 1.29 is 4.79 Å². The topological polar surface area (TPSA) is 35.6 Å². The van der Waals surface area contributed by atoms with Gasteiger partial charge in [-0.2, -0.15) is 0 Å². The van der Waals surface area contributed by atoms with Crippen LogP contribution in [0, 0.1) is 5.41 Å². The Bertz CT molecular complexity index is 510. The van der Waals surface area contributed by atoms with E-state index in [4.69, 9.17) is 0 Å². The molecule has 0 aromatic heterocycles. The minimum atomic E-state index is -0.343. The van der Waals surface area contributed by atoms with Crippen LogP contribution < -0.4 is 10.2 Å². The van der Waals surface area contributed by atoms with E-state index in [1.54, 1.807) is 0 Å². The molecular formula is C19H31N3O. The number of anilines is 1. The number of nitrogens with one attached hydrogen (secondary N) is 1. The van der Waals surface area contributed by atoms with Crippen LogP contribution in [-0.4, -0.2) is 44.5 Å². The van der Waals surface area contributed by atoms with Gasteiger partial charge in [-0.1, -0.05) is 32.9 Å². The van der Waals surface area contributed by atoms with Crippen molar-refractivity contribution in [1.29, 1.82) is 0 Å². The highest BCUT2D eigenvalue weighted by molar-refractivity contribution is 5.81. The van der Waals surface area contributed by atoms with Gasteiger partial charge in [0, 0.05) is 31.7 Å². The van der Waals surface area contributed by atoms with Gasteiger partial charge in [-0.05, 0) is 43.6 Å². The summed E-state index contributed by atoms with van der Waals surface area (Å²) >= 11 is 0. The molecule has 0 unspecified atom stereocenters. The number of benzene rings is 1. The van der Waals surface area contributed by atoms with Gasteiger partial charge in [0.25, 0.3) is 0 Å². The predicted octanol–water partition coefficient (Wildman–Crippen LogP) is 3.05. The van der Waals surface area contributed by atoms with Gasteiger partial charge in [-0.15, -0.1) is 0 Å². The van der Waals surface area contributed by atoms with Crippen LogP contribution in [0.25, 0.3) is 0 Å². The van der Waals surface area contributed by atoms with E-state index in [1.165, 1.54) is 24.1 Å². The van der Waals surface area contributed by atoms with Crippen LogP contribution in [0.4, 0.5) is 5.69 Å². The van der Waals surface area contributed by atoms with Gasteiger partial charge in [-0.25, -0.2) is 0 Å². The number of amides is 1. The van der Waals surface area contributed by atoms with Crippen LogP contribution in [0.5, 0.6) is 0 Å². The zero-order chi connectivity index (χ0) is 17.0. The smallest absolute Gasteiger partial charge is 0.225 e. The van der Waals surface area contributed by atoms with Gasteiger partial charge in [0.15, 0.2) is 0 Å². The van der Waals surface area contributed by atoms with Gasteiger partial charge < -0.3 is 10.2 Å². The molecule has 1 aromatic rings. The molecule has 1 aliphatic rings. The molecule has 1 fully saturated rings. The molecule has 1 saturated heterocycles. The van der Waals surface area contributed by atoms with Crippen molar-refractivity contribution in [2.24, 2.45) is 5.41 Å². The molecule has 0 spiro atoms. The fourth-order valence-electron chi connectivity index (χ4n) is 2.96. The molecule has 1 N–H and O–H groups in total. The third-order valence-corrected chi connectivity index (χ3v) is 4.51. The van der Waals surface area contributed by atoms with Crippen molar-refractivity contribution in [3.8, 4) is 0 Å². The molecule has 1 aromatic carbocycles. The van der Waals surface area contributed by atoms with Crippen LogP contribution in [0.1, 0.15) is 45.2 Å². The van der Waals surface area contributed by atoms with Crippen molar-refractivity contribution >= 4 is 11.6 Å². The fraction of sp³-hybridized carbons (Fsp3) is 0.632. The number of carbonyl (C=O) groups excluding carboxylic acids is 1. The largest absolute Gasteiger partial charge is 0.378 e. The zero-order valence-electron chi connectivity index (χ0n) is 15.2. The lowest BCUT2D eigenvalue weighted by atomic mass is 9.95. The molecule has 1 amide bonds. The monoisotopic (exact) mass is 317 g/mol. The van der Waals surface area contributed by atoms with E-state index in [2.05, 4.69) is 53.5 Å². The van der Waals surface area contributed by atoms with E-state index in [0.717, 1.165) is 13.1 Å². The average Bonchev–Trinajstić information content (AvgIpc) is 3.01. The Morgan fingerprint density at radius 3 is 2.22 bits per heavy atom. The Balaban J connectivity index is 2.12. The number of carbonyl (C=O) groups is 1. The molecule has 0 saturated carbocycles. The fourth-order valence-corrected chi connectivity index (χ4v) is 2.96. The zero-order valence-corrected chi connectivity index (χ0v) is 15.2. The standard InChI is InChI=1S/C19H31N3O/c1-19(2,3)18(23)20-14-17(22-12-6-7-13-22)15-8-10-16(11-9-15)21(4)5/h8-11,17H,6-7,12-14H2,1-5H3,(H,20,23)/t17-/m1/s1. The summed E-state index contributed by atoms with van der Waals surface area (Å²) in [4.78, 5) is 16.8. The van der Waals surface area contributed by atoms with E-state index in [9.17, 15) is 4.79 Å². The second-order valence-corrected chi connectivity index (χ2v) is 7.70. The van der Waals surface area contributed by atoms with Crippen molar-refractivity contribution in [2.75, 3.05) is 38.6 Å². The highest BCUT2D eigenvalue weighted by Gasteiger charge is 2.26. The second kappa shape index (κ2) is 7.35. The van der Waals surface area contributed by atoms with Gasteiger partial charge >= 0.3 is 0 Å². The summed E-state index contributed by atoms with van der Waals surface area (Å²) in [5.74, 6) is 0.117. The van der Waals surface area contributed by atoms with Gasteiger partial charge in [0.05, 0.1) is 6.04 Å². The maximum absolute atomic E-state index is 12.2. The molecule has 1 atom stereocenters. The van der Waals surface area contributed by atoms with E-state index in [0.29, 0.717) is 6.54 Å². The molecule has 0 aliphatic carbocycles. The van der Waals surface area contributed by atoms with Crippen LogP contribution in [0.3, 0.4) is 0 Å². The second-order valence-electron chi connectivity index (χ2n) is 7.70. The Hall–Kier alpha value is -1.55. The molecule has 0 radical (unpaired) electrons. The van der Waals surface area contributed by atoms with Crippen molar-refractivity contribution in [3.05, 3.63) is 29.8 Å². The SMILES string of the molecule is CN(C)c1ccc([C@@H](CNC(=O)C(C)(C)C)N2CCCC2)cc1. The van der Waals surface area contributed by atoms with E-state index >= 15 is 0 Å². The third-order valence-electron chi connectivity index (χ3n) is 4.51. The highest BCUT2D eigenvalue weighted by Crippen LogP contribution is 2.26. The summed E-state index contributed by atoms with van der Waals surface area (Å²) in [6.45, 7) is 8.78. The maximum Gasteiger partial charge on any atom is 0.225 e. The third kappa shape index (κ3) is 4.71. The Kier molecular flexibility index (Phi) is 5.69. The summed E-state index contributed by atoms with van der Waals surface area (Å²) < 4.78 is 0. The lowest BCUT2D eigenvalue weighted by molar-refractivity contribution is -0.128. The first-order valence-electron chi connectivity index (χ1n) is 8.58. The lowest BCUT2D eigenvalue weighted by Crippen LogP contribution is -2.41. The lowest BCUT2D eigenvalue weighted by Gasteiger charge is -2.30. The number of rotatable bonds is 5. The van der Waals surface area contributed by atoms with Crippen LogP contribution >= 0.6 is 0 Å². The first-order chi connectivity index (χ1) is 10.8. The number of nitrogens with zero attached hydrogens (tertiary/aromatic N) is 2. The first-order valence-corrected chi connectivity index (χ1v) is 8.58. The highest BCUT2D eigenvalue weighted by atomic mass is 16.2. The molecule has 1 aliphatic heterocycles. The number of likely N-dealkylation sites (tertiary alicyclic amines) is 1. The Morgan fingerprint density at radius 1 is 1.17 bits per heavy atom. The van der Waals surface area contributed by atoms with Gasteiger partial charge in [-0.3, -0.25) is 9.69 Å². The molecule has 128 valence electrons. The molecule has 4 nitrogen and oxygen atoms in total. The summed E-state index contributed by atoms with van der Waals surface area (Å²) in [5.41, 5.74) is 2.14. The average molecular weight is 317 g/mol. The van der Waals surface area contributed by atoms with Crippen molar-refractivity contribution in [1.82, 2.24) is 10.2 Å². The van der Waals surface area contributed by atoms with Crippen LogP contribution in [-0.2, 0) is 4.79 Å². The van der Waals surface area contributed by atoms with Crippen molar-refractivity contribution in [2.45, 2.75) is 39.7 Å². The Labute approximate surface area is 140 Å². The first kappa shape index (κ1) is 17.8. The van der Waals surface area contributed by atoms with E-state index in [-0.39, 0.29) is 17.4 Å². The minimum absolute atomic E-state index is 0.117. The Morgan fingerprint density at radius 2 is 1.74 bits per heavy atom. The van der Waals surface area contributed by atoms with Gasteiger partial charge in [0.1, 0.15) is 0 Å². The summed E-state index contributed by atoms with van der Waals surface area (Å²) in [5, 5.41) is 3.14. The maximum atomic E-state index is 12.2. The summed E-state index contributed by atoms with van der Waals surface area (Å²) in [6, 6.07) is 8.97. The molecular weight excluding hydrogens is 286 g/mol. The minimum Gasteiger partial charge on any atom is -0.378 e.